The van der Waals surface area contributed by atoms with Gasteiger partial charge in [-0.05, 0) is 24.5 Å². The monoisotopic (exact) mass is 282 g/mol. The van der Waals surface area contributed by atoms with Crippen LogP contribution < -0.4 is 9.47 Å². The Bertz CT molecular complexity index is 439. The zero-order valence-electron chi connectivity index (χ0n) is 11.2. The van der Waals surface area contributed by atoms with Crippen LogP contribution in [-0.4, -0.2) is 20.0 Å². The van der Waals surface area contributed by atoms with Crippen LogP contribution in [0.2, 0.25) is 5.02 Å². The molecule has 0 unspecified atom stereocenters. The van der Waals surface area contributed by atoms with Crippen molar-refractivity contribution >= 4 is 17.9 Å². The molecule has 19 heavy (non-hydrogen) atoms. The number of ether oxygens (including phenoxy) is 2. The average molecular weight is 283 g/mol. The van der Waals surface area contributed by atoms with Crippen LogP contribution in [0, 0.1) is 5.92 Å². The lowest BCUT2D eigenvalue weighted by Gasteiger charge is -2.14. The number of carbonyl (C=O) groups is 1. The maximum Gasteiger partial charge on any atom is 0.179 e. The van der Waals surface area contributed by atoms with E-state index < -0.39 is 0 Å². The van der Waals surface area contributed by atoms with Gasteiger partial charge in [0.05, 0.1) is 18.7 Å². The normalized spacial score (nSPS) is 15.5. The summed E-state index contributed by atoms with van der Waals surface area (Å²) >= 11 is 6.12. The van der Waals surface area contributed by atoms with E-state index in [4.69, 9.17) is 21.1 Å². The lowest BCUT2D eigenvalue weighted by molar-refractivity contribution is 0.112. The maximum absolute atomic E-state index is 10.8. The molecule has 0 saturated heterocycles. The third-order valence-electron chi connectivity index (χ3n) is 3.64. The Kier molecular flexibility index (Phi) is 5.08. The van der Waals surface area contributed by atoms with Gasteiger partial charge in [-0.15, -0.1) is 0 Å². The molecule has 0 aromatic heterocycles. The van der Waals surface area contributed by atoms with Crippen LogP contribution in [0.25, 0.3) is 0 Å². The Hall–Kier alpha value is -1.22. The molecular weight excluding hydrogens is 264 g/mol. The molecule has 0 aliphatic heterocycles. The molecule has 0 heterocycles. The molecule has 0 bridgehead atoms. The summed E-state index contributed by atoms with van der Waals surface area (Å²) in [5, 5.41) is 0.424. The molecule has 2 rings (SSSR count). The molecule has 3 nitrogen and oxygen atoms in total. The summed E-state index contributed by atoms with van der Waals surface area (Å²) in [6, 6.07) is 3.24. The number of hydrogen-bond acceptors (Lipinski definition) is 3. The largest absolute Gasteiger partial charge is 0.493 e. The Labute approximate surface area is 118 Å². The second kappa shape index (κ2) is 6.80. The summed E-state index contributed by atoms with van der Waals surface area (Å²) in [7, 11) is 1.55. The van der Waals surface area contributed by atoms with E-state index in [9.17, 15) is 4.79 Å². The van der Waals surface area contributed by atoms with Crippen molar-refractivity contribution in [3.05, 3.63) is 22.7 Å². The van der Waals surface area contributed by atoms with Gasteiger partial charge in [-0.2, -0.15) is 0 Å². The van der Waals surface area contributed by atoms with Crippen molar-refractivity contribution in [3.8, 4) is 11.5 Å². The number of aldehydes is 1. The van der Waals surface area contributed by atoms with E-state index in [1.165, 1.54) is 25.7 Å². The molecule has 0 spiro atoms. The van der Waals surface area contributed by atoms with Crippen molar-refractivity contribution < 1.29 is 14.3 Å². The van der Waals surface area contributed by atoms with Crippen molar-refractivity contribution in [1.29, 1.82) is 0 Å². The fourth-order valence-corrected chi connectivity index (χ4v) is 2.85. The number of benzene rings is 1. The van der Waals surface area contributed by atoms with E-state index in [2.05, 4.69) is 0 Å². The molecule has 104 valence electrons. The van der Waals surface area contributed by atoms with Crippen molar-refractivity contribution in [1.82, 2.24) is 0 Å². The predicted octanol–water partition coefficient (Wildman–Crippen LogP) is 4.12. The first kappa shape index (κ1) is 14.2. The summed E-state index contributed by atoms with van der Waals surface area (Å²) in [6.07, 6.45) is 7.08. The van der Waals surface area contributed by atoms with Crippen molar-refractivity contribution in [2.75, 3.05) is 13.7 Å². The van der Waals surface area contributed by atoms with E-state index in [1.54, 1.807) is 19.2 Å². The Morgan fingerprint density at radius 3 is 2.74 bits per heavy atom. The Morgan fingerprint density at radius 1 is 1.37 bits per heavy atom. The summed E-state index contributed by atoms with van der Waals surface area (Å²) < 4.78 is 11.0. The van der Waals surface area contributed by atoms with E-state index in [1.807, 2.05) is 0 Å². The molecule has 0 atom stereocenters. The third-order valence-corrected chi connectivity index (χ3v) is 3.92. The predicted molar refractivity (Wildman–Crippen MR) is 75.5 cm³/mol. The van der Waals surface area contributed by atoms with Gasteiger partial charge in [0.15, 0.2) is 11.5 Å². The zero-order valence-corrected chi connectivity index (χ0v) is 11.9. The van der Waals surface area contributed by atoms with E-state index in [-0.39, 0.29) is 0 Å². The maximum atomic E-state index is 10.8. The number of methoxy groups -OCH3 is 1. The number of rotatable bonds is 6. The third kappa shape index (κ3) is 3.63. The van der Waals surface area contributed by atoms with Gasteiger partial charge >= 0.3 is 0 Å². The van der Waals surface area contributed by atoms with E-state index >= 15 is 0 Å². The quantitative estimate of drug-likeness (QED) is 0.736. The lowest BCUT2D eigenvalue weighted by atomic mass is 10.1. The van der Waals surface area contributed by atoms with Gasteiger partial charge in [-0.25, -0.2) is 0 Å². The zero-order chi connectivity index (χ0) is 13.7. The first-order valence-corrected chi connectivity index (χ1v) is 7.08. The van der Waals surface area contributed by atoms with Gasteiger partial charge in [-0.3, -0.25) is 4.79 Å². The van der Waals surface area contributed by atoms with Gasteiger partial charge in [0.1, 0.15) is 6.29 Å². The van der Waals surface area contributed by atoms with Gasteiger partial charge in [0, 0.05) is 5.56 Å². The van der Waals surface area contributed by atoms with Crippen LogP contribution in [0.1, 0.15) is 42.5 Å². The first-order chi connectivity index (χ1) is 9.24. The molecule has 4 heteroatoms. The summed E-state index contributed by atoms with van der Waals surface area (Å²) in [6.45, 7) is 0.640. The van der Waals surface area contributed by atoms with Crippen LogP contribution in [0.4, 0.5) is 0 Å². The molecule has 0 radical (unpaired) electrons. The van der Waals surface area contributed by atoms with Crippen molar-refractivity contribution in [2.24, 2.45) is 5.92 Å². The molecule has 0 amide bonds. The van der Waals surface area contributed by atoms with Crippen LogP contribution >= 0.6 is 11.6 Å². The second-order valence-corrected chi connectivity index (χ2v) is 5.35. The Morgan fingerprint density at radius 2 is 2.11 bits per heavy atom. The second-order valence-electron chi connectivity index (χ2n) is 4.94. The number of halogens is 1. The van der Waals surface area contributed by atoms with Crippen LogP contribution in [-0.2, 0) is 0 Å². The molecular formula is C15H19ClO3. The molecule has 1 aliphatic rings. The minimum atomic E-state index is 0.424. The van der Waals surface area contributed by atoms with Crippen LogP contribution in [0.15, 0.2) is 12.1 Å². The molecule has 1 aromatic rings. The SMILES string of the molecule is COc1cc(C=O)cc(Cl)c1OCCC1CCCC1. The van der Waals surface area contributed by atoms with Gasteiger partial charge < -0.3 is 9.47 Å². The fourth-order valence-electron chi connectivity index (χ4n) is 2.57. The fraction of sp³-hybridized carbons (Fsp3) is 0.533. The molecule has 1 fully saturated rings. The lowest BCUT2D eigenvalue weighted by Crippen LogP contribution is -2.05. The molecule has 1 aromatic carbocycles. The molecule has 1 saturated carbocycles. The van der Waals surface area contributed by atoms with Crippen molar-refractivity contribution in [2.45, 2.75) is 32.1 Å². The standard InChI is InChI=1S/C15H19ClO3/c1-18-14-9-12(10-17)8-13(16)15(14)19-7-6-11-4-2-3-5-11/h8-11H,2-7H2,1H3. The number of hydrogen-bond donors (Lipinski definition) is 0. The smallest absolute Gasteiger partial charge is 0.179 e. The summed E-state index contributed by atoms with van der Waals surface area (Å²) in [5.41, 5.74) is 0.491. The highest BCUT2D eigenvalue weighted by Crippen LogP contribution is 2.36. The minimum absolute atomic E-state index is 0.424. The van der Waals surface area contributed by atoms with E-state index in [0.29, 0.717) is 28.7 Å². The van der Waals surface area contributed by atoms with Crippen molar-refractivity contribution in [3.63, 3.8) is 0 Å². The minimum Gasteiger partial charge on any atom is -0.493 e. The summed E-state index contributed by atoms with van der Waals surface area (Å²) in [5.74, 6) is 1.83. The number of carbonyl (C=O) groups excluding carboxylic acids is 1. The average Bonchev–Trinajstić information content (AvgIpc) is 2.93. The highest BCUT2D eigenvalue weighted by Gasteiger charge is 2.16. The first-order valence-electron chi connectivity index (χ1n) is 6.70. The van der Waals surface area contributed by atoms with E-state index in [0.717, 1.165) is 18.6 Å². The van der Waals surface area contributed by atoms with Crippen LogP contribution in [0.5, 0.6) is 11.5 Å². The molecule has 0 N–H and O–H groups in total. The highest BCUT2D eigenvalue weighted by atomic mass is 35.5. The van der Waals surface area contributed by atoms with Gasteiger partial charge in [0.2, 0.25) is 0 Å². The Balaban J connectivity index is 1.99. The summed E-state index contributed by atoms with van der Waals surface area (Å²) in [4.78, 5) is 10.8. The van der Waals surface area contributed by atoms with Crippen LogP contribution in [0.3, 0.4) is 0 Å². The van der Waals surface area contributed by atoms with Gasteiger partial charge in [-0.1, -0.05) is 37.3 Å². The molecule has 1 aliphatic carbocycles. The topological polar surface area (TPSA) is 35.5 Å². The highest BCUT2D eigenvalue weighted by molar-refractivity contribution is 6.32. The van der Waals surface area contributed by atoms with Gasteiger partial charge in [0.25, 0.3) is 0 Å².